The summed E-state index contributed by atoms with van der Waals surface area (Å²) in [6.07, 6.45) is 8.02. The summed E-state index contributed by atoms with van der Waals surface area (Å²) in [5, 5.41) is 22.1. The number of fused-ring (bicyclic) bond motifs is 11. The zero-order chi connectivity index (χ0) is 56.4. The molecule has 0 aromatic rings. The number of allylic oxidation sites excluding steroid dienone is 2. The molecule has 0 spiro atoms. The van der Waals surface area contributed by atoms with Crippen LogP contribution in [0.1, 0.15) is 165 Å². The van der Waals surface area contributed by atoms with Crippen LogP contribution in [0.3, 0.4) is 0 Å². The number of rotatable bonds is 13. The third-order valence-corrected chi connectivity index (χ3v) is 26.7. The van der Waals surface area contributed by atoms with Crippen LogP contribution in [-0.4, -0.2) is 110 Å². The Hall–Kier alpha value is -0.900. The third kappa shape index (κ3) is 10.5. The van der Waals surface area contributed by atoms with Crippen molar-refractivity contribution in [3.63, 3.8) is 0 Å². The lowest BCUT2D eigenvalue weighted by Gasteiger charge is -2.63. The van der Waals surface area contributed by atoms with Gasteiger partial charge in [0.25, 0.3) is 0 Å². The van der Waals surface area contributed by atoms with Gasteiger partial charge in [-0.15, -0.1) is 0 Å². The van der Waals surface area contributed by atoms with E-state index in [1.54, 1.807) is 0 Å². The predicted molar refractivity (Wildman–Crippen MR) is 280 cm³/mol. The fourth-order valence-corrected chi connectivity index (χ4v) is 24.1. The van der Waals surface area contributed by atoms with E-state index in [4.69, 9.17) is 21.5 Å². The number of hydrogen-bond donors (Lipinski definition) is 6. The molecular formula is C54H88O19S4. The molecule has 0 amide bonds. The van der Waals surface area contributed by atoms with Gasteiger partial charge in [-0.3, -0.25) is 18.2 Å². The van der Waals surface area contributed by atoms with Gasteiger partial charge < -0.3 is 14.9 Å². The SMILES string of the molecule is C[C@H](/C=C\C1C2CC([C@@H](C)[C@H]3CC[C@H]4[C@@H]5C[C@H](OS(=O)(=O)O)[C@H]6C[C@H](O)[C@@H](OS(=O)(=O)O)C[C@]6(C)[C@H]5CC[C@]34C)OC2(C)CC1(C)C)[C@H]1CC[C@H]2[C@@H]3C[C@H](OS(=O)(=O)O)[C@H]4C[C@@H](O)[C@@H](OS(=O)(=O)O)C[C@]4(C)[C@H]3CC[C@]12C. The molecule has 23 heteroatoms. The highest BCUT2D eigenvalue weighted by molar-refractivity contribution is 7.81. The van der Waals surface area contributed by atoms with Crippen molar-refractivity contribution < 1.29 is 83.6 Å². The van der Waals surface area contributed by atoms with E-state index in [-0.39, 0.29) is 113 Å². The van der Waals surface area contributed by atoms with E-state index in [0.29, 0.717) is 24.7 Å². The van der Waals surface area contributed by atoms with Crippen LogP contribution >= 0.6 is 0 Å². The minimum Gasteiger partial charge on any atom is -0.390 e. The highest BCUT2D eigenvalue weighted by Crippen LogP contribution is 2.72. The van der Waals surface area contributed by atoms with Crippen LogP contribution in [0.25, 0.3) is 0 Å². The van der Waals surface area contributed by atoms with Gasteiger partial charge in [-0.2, -0.15) is 33.7 Å². The molecule has 4 unspecified atom stereocenters. The Balaban J connectivity index is 0.839. The quantitative estimate of drug-likeness (QED) is 0.0747. The molecule has 77 heavy (non-hydrogen) atoms. The molecule has 442 valence electrons. The molecule has 1 saturated heterocycles. The van der Waals surface area contributed by atoms with Crippen molar-refractivity contribution in [2.45, 2.75) is 213 Å². The van der Waals surface area contributed by atoms with Gasteiger partial charge in [-0.25, -0.2) is 16.7 Å². The van der Waals surface area contributed by atoms with Crippen LogP contribution in [0, 0.1) is 110 Å². The summed E-state index contributed by atoms with van der Waals surface area (Å²) in [4.78, 5) is 0. The maximum Gasteiger partial charge on any atom is 0.397 e. The first-order valence-corrected chi connectivity index (χ1v) is 34.1. The minimum absolute atomic E-state index is 0.00339. The van der Waals surface area contributed by atoms with E-state index in [1.165, 1.54) is 0 Å². The van der Waals surface area contributed by atoms with Gasteiger partial charge in [0.15, 0.2) is 0 Å². The second-order valence-corrected chi connectivity index (χ2v) is 33.0. The van der Waals surface area contributed by atoms with Crippen LogP contribution in [0.4, 0.5) is 0 Å². The molecule has 9 aliphatic carbocycles. The van der Waals surface area contributed by atoms with Gasteiger partial charge in [0.1, 0.15) is 12.2 Å². The van der Waals surface area contributed by atoms with Crippen LogP contribution in [0.15, 0.2) is 12.2 Å². The van der Waals surface area contributed by atoms with E-state index in [2.05, 4.69) is 60.6 Å². The number of ether oxygens (including phenoxy) is 1. The van der Waals surface area contributed by atoms with Gasteiger partial charge in [-0.05, 0) is 220 Å². The van der Waals surface area contributed by atoms with Crippen molar-refractivity contribution in [1.29, 1.82) is 0 Å². The molecular weight excluding hydrogens is 1080 g/mol. The average molecular weight is 1170 g/mol. The van der Waals surface area contributed by atoms with Crippen molar-refractivity contribution in [3.8, 4) is 0 Å². The van der Waals surface area contributed by atoms with E-state index in [9.17, 15) is 62.1 Å². The maximum atomic E-state index is 12.4. The van der Waals surface area contributed by atoms with Crippen molar-refractivity contribution >= 4 is 41.6 Å². The van der Waals surface area contributed by atoms with Crippen LogP contribution in [0.2, 0.25) is 0 Å². The summed E-state index contributed by atoms with van der Waals surface area (Å²) < 4.78 is 165. The summed E-state index contributed by atoms with van der Waals surface area (Å²) in [6.45, 7) is 20.4. The number of aliphatic hydroxyl groups is 2. The summed E-state index contributed by atoms with van der Waals surface area (Å²) in [5.41, 5.74) is -2.01. The molecule has 1 aliphatic heterocycles. The smallest absolute Gasteiger partial charge is 0.390 e. The van der Waals surface area contributed by atoms with Crippen LogP contribution in [-0.2, 0) is 63.1 Å². The van der Waals surface area contributed by atoms with Gasteiger partial charge >= 0.3 is 41.6 Å². The van der Waals surface area contributed by atoms with Gasteiger partial charge in [0.2, 0.25) is 0 Å². The summed E-state index contributed by atoms with van der Waals surface area (Å²) in [6, 6.07) is 0. The molecule has 6 N–H and O–H groups in total. The average Bonchev–Trinajstić information content (AvgIpc) is 4.14. The van der Waals surface area contributed by atoms with Gasteiger partial charge in [0, 0.05) is 0 Å². The van der Waals surface area contributed by atoms with E-state index in [1.807, 2.05) is 13.8 Å². The Kier molecular flexibility index (Phi) is 15.1. The first kappa shape index (κ1) is 59.3. The summed E-state index contributed by atoms with van der Waals surface area (Å²) in [7, 11) is -19.5. The van der Waals surface area contributed by atoms with E-state index >= 15 is 0 Å². The Bertz CT molecular complexity index is 2760. The number of aliphatic hydroxyl groups excluding tert-OH is 2. The van der Waals surface area contributed by atoms with Crippen LogP contribution < -0.4 is 0 Å². The van der Waals surface area contributed by atoms with E-state index in [0.717, 1.165) is 64.2 Å². The molecule has 9 saturated carbocycles. The molecule has 10 rings (SSSR count). The predicted octanol–water partition coefficient (Wildman–Crippen LogP) is 8.26. The molecule has 0 aromatic carbocycles. The van der Waals surface area contributed by atoms with Gasteiger partial charge in [-0.1, -0.05) is 67.5 Å². The highest BCUT2D eigenvalue weighted by atomic mass is 32.3. The van der Waals surface area contributed by atoms with Crippen molar-refractivity contribution in [2.75, 3.05) is 0 Å². The van der Waals surface area contributed by atoms with Crippen molar-refractivity contribution in [2.24, 2.45) is 110 Å². The molecule has 0 radical (unpaired) electrons. The molecule has 10 aliphatic rings. The Morgan fingerprint density at radius 2 is 0.896 bits per heavy atom. The van der Waals surface area contributed by atoms with E-state index < -0.39 is 101 Å². The van der Waals surface area contributed by atoms with Crippen molar-refractivity contribution in [3.05, 3.63) is 12.2 Å². The molecule has 10 fully saturated rings. The van der Waals surface area contributed by atoms with Gasteiger partial charge in [0.05, 0.1) is 36.1 Å². The third-order valence-electron chi connectivity index (χ3n) is 24.7. The molecule has 0 aromatic heterocycles. The zero-order valence-electron chi connectivity index (χ0n) is 46.2. The molecule has 26 atom stereocenters. The maximum absolute atomic E-state index is 12.4. The molecule has 19 nitrogen and oxygen atoms in total. The first-order chi connectivity index (χ1) is 35.3. The zero-order valence-corrected chi connectivity index (χ0v) is 49.5. The lowest BCUT2D eigenvalue weighted by Crippen LogP contribution is -2.61. The topological polar surface area (TPSA) is 304 Å². The lowest BCUT2D eigenvalue weighted by atomic mass is 9.43. The molecule has 1 heterocycles. The van der Waals surface area contributed by atoms with Crippen molar-refractivity contribution in [1.82, 2.24) is 0 Å². The second kappa shape index (κ2) is 19.6. The standard InChI is InChI=1S/C54H88O19S4/c1-28(32-12-14-34-30-20-45(70-74(57,58)59)40-22-42(55)47(72-76(63,64)65)25-52(40,7)36(30)16-18-50(32,34)5)10-11-38-39-24-44(69-54(39,9)27-49(38,3)4)29(2)33-13-15-35-31-21-46(71-75(60,61)62)41-23-43(56)48(73-77(66,67)68)26-53(41,8)37(31)17-19-51(33,35)6/h10-11,28-48,55-56H,12-27H2,1-9H3,(H,57,58,59)(H,60,61,62)(H,63,64,65)(H,66,67,68)/b11-10-/t28-,29+,30+,31+,32-,33-,34+,35+,36+,37+,38?,39?,40-,41-,42-,43+,44?,45+,46+,47+,48+,50-,51-,52-,53-,54?/m1/s1. The Morgan fingerprint density at radius 1 is 0.494 bits per heavy atom. The lowest BCUT2D eigenvalue weighted by molar-refractivity contribution is -0.188. The minimum atomic E-state index is -4.89. The second-order valence-electron chi connectivity index (χ2n) is 28.8. The summed E-state index contributed by atoms with van der Waals surface area (Å²) >= 11 is 0. The first-order valence-electron chi connectivity index (χ1n) is 28.6. The fraction of sp³-hybridized carbons (Fsp3) is 0.963. The van der Waals surface area contributed by atoms with Crippen LogP contribution in [0.5, 0.6) is 0 Å². The Morgan fingerprint density at radius 3 is 1.34 bits per heavy atom. The number of hydrogen-bond acceptors (Lipinski definition) is 15. The largest absolute Gasteiger partial charge is 0.397 e. The fourth-order valence-electron chi connectivity index (χ4n) is 22.0. The normalized spacial score (nSPS) is 51.4. The summed E-state index contributed by atoms with van der Waals surface area (Å²) in [5.74, 6) is 1.08. The highest BCUT2D eigenvalue weighted by Gasteiger charge is 2.68. The Labute approximate surface area is 458 Å². The monoisotopic (exact) mass is 1170 g/mol. The molecule has 0 bridgehead atoms.